The van der Waals surface area contributed by atoms with Crippen LogP contribution in [0.3, 0.4) is 0 Å². The molecule has 0 bridgehead atoms. The molecule has 168 valence electrons. The first-order valence-corrected chi connectivity index (χ1v) is 11.8. The van der Waals surface area contributed by atoms with Crippen LogP contribution in [0, 0.1) is 16.2 Å². The molecule has 3 aromatic carbocycles. The summed E-state index contributed by atoms with van der Waals surface area (Å²) >= 11 is 0. The van der Waals surface area contributed by atoms with E-state index in [0.717, 1.165) is 6.07 Å². The molecule has 0 radical (unpaired) electrons. The van der Waals surface area contributed by atoms with Gasteiger partial charge in [-0.3, -0.25) is 9.59 Å². The zero-order chi connectivity index (χ0) is 24.2. The van der Waals surface area contributed by atoms with E-state index in [4.69, 9.17) is 5.73 Å². The Morgan fingerprint density at radius 2 is 1.62 bits per heavy atom. The first kappa shape index (κ1) is 21.5. The van der Waals surface area contributed by atoms with Crippen LogP contribution in [-0.4, -0.2) is 30.2 Å². The predicted molar refractivity (Wildman–Crippen MR) is 122 cm³/mol. The Balaban J connectivity index is 1.77. The molecule has 0 saturated heterocycles. The number of nitrogens with one attached hydrogen (secondary N) is 1. The summed E-state index contributed by atoms with van der Waals surface area (Å²) in [6.07, 6.45) is 0.870. The summed E-state index contributed by atoms with van der Waals surface area (Å²) in [6, 6.07) is 14.9. The van der Waals surface area contributed by atoms with Crippen molar-refractivity contribution >= 4 is 38.7 Å². The van der Waals surface area contributed by atoms with E-state index >= 15 is 0 Å². The molecule has 3 N–H and O–H groups in total. The number of carbonyl (C=O) groups is 2. The summed E-state index contributed by atoms with van der Waals surface area (Å²) in [7, 11) is -4.59. The highest BCUT2D eigenvalue weighted by molar-refractivity contribution is 7.85. The zero-order valence-corrected chi connectivity index (χ0v) is 18.4. The molecule has 0 aliphatic heterocycles. The molecule has 10 heteroatoms. The third kappa shape index (κ3) is 3.25. The number of hydrogen-bond donors (Lipinski definition) is 2. The molecule has 0 unspecified atom stereocenters. The second-order valence-corrected chi connectivity index (χ2v) is 9.85. The summed E-state index contributed by atoms with van der Waals surface area (Å²) in [5.41, 5.74) is 6.34. The number of anilines is 3. The second kappa shape index (κ2) is 7.60. The highest BCUT2D eigenvalue weighted by Gasteiger charge is 2.49. The lowest BCUT2D eigenvalue weighted by Gasteiger charge is -2.23. The van der Waals surface area contributed by atoms with Crippen molar-refractivity contribution in [3.05, 3.63) is 87.3 Å². The van der Waals surface area contributed by atoms with Gasteiger partial charge < -0.3 is 11.1 Å². The van der Waals surface area contributed by atoms with Crippen LogP contribution in [0.2, 0.25) is 0 Å². The van der Waals surface area contributed by atoms with Gasteiger partial charge in [0.15, 0.2) is 16.5 Å². The van der Waals surface area contributed by atoms with Crippen molar-refractivity contribution in [3.8, 4) is 6.07 Å². The molecule has 0 aromatic heterocycles. The van der Waals surface area contributed by atoms with Gasteiger partial charge in [0.05, 0.1) is 34.1 Å². The fourth-order valence-corrected chi connectivity index (χ4v) is 5.45. The molecule has 34 heavy (non-hydrogen) atoms. The molecule has 1 saturated carbocycles. The van der Waals surface area contributed by atoms with Crippen molar-refractivity contribution in [2.45, 2.75) is 23.8 Å². The topological polar surface area (TPSA) is 150 Å². The van der Waals surface area contributed by atoms with Gasteiger partial charge in [-0.25, -0.2) is 0 Å². The third-order valence-corrected chi connectivity index (χ3v) is 7.50. The Bertz CT molecular complexity index is 1580. The maximum absolute atomic E-state index is 13.4. The zero-order valence-electron chi connectivity index (χ0n) is 17.6. The maximum atomic E-state index is 13.4. The van der Waals surface area contributed by atoms with E-state index in [9.17, 15) is 28.2 Å². The smallest absolute Gasteiger partial charge is 0.397 e. The number of ketones is 2. The molecular weight excluding hydrogens is 456 g/mol. The molecule has 0 amide bonds. The summed E-state index contributed by atoms with van der Waals surface area (Å²) in [4.78, 5) is 38.8. The molecule has 0 spiro atoms. The number of carbonyl (C=O) groups excluding carboxylic acids is 2. The lowest BCUT2D eigenvalue weighted by Crippen LogP contribution is -2.27. The summed E-state index contributed by atoms with van der Waals surface area (Å²) < 4.78 is 26.3. The molecule has 0 atom stereocenters. The number of nitroso groups, excluding NO2 is 1. The van der Waals surface area contributed by atoms with Crippen LogP contribution in [0.15, 0.2) is 59.5 Å². The lowest BCUT2D eigenvalue weighted by molar-refractivity contribution is -0.405. The molecule has 1 fully saturated rings. The Labute approximate surface area is 194 Å². The van der Waals surface area contributed by atoms with E-state index in [0.29, 0.717) is 24.1 Å². The number of nitrogens with zero attached hydrogens (tertiary/aromatic N) is 2. The van der Waals surface area contributed by atoms with Crippen molar-refractivity contribution in [1.29, 1.82) is 5.26 Å². The van der Waals surface area contributed by atoms with Gasteiger partial charge in [-0.15, -0.1) is 0 Å². The SMILES string of the molecule is N#Cc1cccc(Nc2cc(S(=O)(=O)[N+](=O)C3CC3)c(N)c3c2C(=O)c2ccccc2C3=O)c1. The summed E-state index contributed by atoms with van der Waals surface area (Å²) in [5.74, 6) is -1.13. The van der Waals surface area contributed by atoms with Crippen molar-refractivity contribution in [1.82, 2.24) is 0 Å². The van der Waals surface area contributed by atoms with Crippen LogP contribution in [0.5, 0.6) is 0 Å². The molecule has 0 heterocycles. The van der Waals surface area contributed by atoms with Gasteiger partial charge in [-0.1, -0.05) is 30.3 Å². The highest BCUT2D eigenvalue weighted by Crippen LogP contribution is 2.41. The average molecular weight is 473 g/mol. The van der Waals surface area contributed by atoms with Gasteiger partial charge in [0, 0.05) is 34.6 Å². The first-order valence-electron chi connectivity index (χ1n) is 10.4. The van der Waals surface area contributed by atoms with Crippen molar-refractivity contribution in [2.24, 2.45) is 0 Å². The maximum Gasteiger partial charge on any atom is 0.439 e. The van der Waals surface area contributed by atoms with Crippen LogP contribution in [0.1, 0.15) is 50.2 Å². The van der Waals surface area contributed by atoms with Crippen LogP contribution >= 0.6 is 0 Å². The normalized spacial score (nSPS) is 14.7. The molecule has 9 nitrogen and oxygen atoms in total. The Morgan fingerprint density at radius 3 is 2.24 bits per heavy atom. The van der Waals surface area contributed by atoms with Crippen molar-refractivity contribution in [3.63, 3.8) is 0 Å². The van der Waals surface area contributed by atoms with Gasteiger partial charge in [-0.05, 0) is 24.3 Å². The van der Waals surface area contributed by atoms with Gasteiger partial charge in [-0.2, -0.15) is 13.7 Å². The fourth-order valence-electron chi connectivity index (χ4n) is 4.01. The number of benzene rings is 3. The number of nitriles is 1. The first-order chi connectivity index (χ1) is 16.2. The van der Waals surface area contributed by atoms with Gasteiger partial charge in [0.2, 0.25) is 6.04 Å². The van der Waals surface area contributed by atoms with Crippen LogP contribution in [0.4, 0.5) is 17.1 Å². The van der Waals surface area contributed by atoms with E-state index in [-0.39, 0.29) is 32.1 Å². The lowest BCUT2D eigenvalue weighted by atomic mass is 9.82. The predicted octanol–water partition coefficient (Wildman–Crippen LogP) is 3.29. The number of rotatable bonds is 5. The van der Waals surface area contributed by atoms with Crippen LogP contribution < -0.4 is 11.1 Å². The molecule has 2 aliphatic rings. The van der Waals surface area contributed by atoms with Crippen LogP contribution in [0.25, 0.3) is 0 Å². The van der Waals surface area contributed by atoms with Crippen molar-refractivity contribution < 1.29 is 22.2 Å². The van der Waals surface area contributed by atoms with Gasteiger partial charge in [0.1, 0.15) is 4.17 Å². The largest absolute Gasteiger partial charge is 0.439 e. The Kier molecular flexibility index (Phi) is 4.81. The standard InChI is InChI=1S/C24H16N4O5S/c25-12-13-4-3-5-14(10-13)27-18-11-19(34(32,33)28(31)15-8-9-15)22(26)21-20(18)23(29)16-6-1-2-7-17(16)24(21)30/h1-7,10-11,15H,8-9H2,(H2-,26,27,29,30)/p+1. The fraction of sp³-hybridized carbons (Fsp3) is 0.125. The van der Waals surface area contributed by atoms with E-state index < -0.39 is 38.2 Å². The minimum atomic E-state index is -4.59. The van der Waals surface area contributed by atoms with Crippen molar-refractivity contribution in [2.75, 3.05) is 11.1 Å². The minimum absolute atomic E-state index is 0.00471. The Hall–Kier alpha value is -4.36. The minimum Gasteiger partial charge on any atom is -0.397 e. The number of fused-ring (bicyclic) bond motifs is 2. The highest BCUT2D eigenvalue weighted by atomic mass is 32.2. The van der Waals surface area contributed by atoms with E-state index in [1.165, 1.54) is 18.2 Å². The monoisotopic (exact) mass is 473 g/mol. The quantitative estimate of drug-likeness (QED) is 0.331. The average Bonchev–Trinajstić information content (AvgIpc) is 3.68. The molecular formula is C24H17N4O5S+. The second-order valence-electron chi connectivity index (χ2n) is 8.10. The van der Waals surface area contributed by atoms with E-state index in [1.54, 1.807) is 30.3 Å². The summed E-state index contributed by atoms with van der Waals surface area (Å²) in [6.45, 7) is 0. The number of nitrogen functional groups attached to an aromatic ring is 1. The van der Waals surface area contributed by atoms with E-state index in [1.807, 2.05) is 6.07 Å². The number of nitrogens with two attached hydrogens (primary N) is 1. The molecule has 5 rings (SSSR count). The molecule has 3 aromatic rings. The van der Waals surface area contributed by atoms with Gasteiger partial charge in [0.25, 0.3) is 0 Å². The van der Waals surface area contributed by atoms with Gasteiger partial charge >= 0.3 is 10.0 Å². The number of hydrogen-bond acceptors (Lipinski definition) is 8. The van der Waals surface area contributed by atoms with E-state index in [2.05, 4.69) is 5.32 Å². The van der Waals surface area contributed by atoms with Crippen LogP contribution in [-0.2, 0) is 10.0 Å². The Morgan fingerprint density at radius 1 is 0.971 bits per heavy atom. The molecule has 2 aliphatic carbocycles. The summed E-state index contributed by atoms with van der Waals surface area (Å²) in [5, 5.41) is 12.1. The third-order valence-electron chi connectivity index (χ3n) is 5.83. The number of sulfonamides is 1.